The average molecular weight is 413 g/mol. The topological polar surface area (TPSA) is 83.6 Å². The normalized spacial score (nSPS) is 15.4. The van der Waals surface area contributed by atoms with Gasteiger partial charge in [-0.3, -0.25) is 9.59 Å². The lowest BCUT2D eigenvalue weighted by Gasteiger charge is -2.30. The van der Waals surface area contributed by atoms with Crippen molar-refractivity contribution in [3.63, 3.8) is 0 Å². The van der Waals surface area contributed by atoms with Crippen LogP contribution in [-0.4, -0.2) is 44.5 Å². The lowest BCUT2D eigenvalue weighted by atomic mass is 9.95. The van der Waals surface area contributed by atoms with E-state index in [1.807, 2.05) is 30.3 Å². The van der Waals surface area contributed by atoms with Crippen LogP contribution in [0, 0.1) is 5.92 Å². The van der Waals surface area contributed by atoms with Crippen molar-refractivity contribution in [2.75, 3.05) is 24.7 Å². The van der Waals surface area contributed by atoms with Gasteiger partial charge < -0.3 is 10.2 Å². The summed E-state index contributed by atoms with van der Waals surface area (Å²) in [6.45, 7) is 1.06. The van der Waals surface area contributed by atoms with Gasteiger partial charge in [-0.15, -0.1) is 0 Å². The highest BCUT2D eigenvalue weighted by Gasteiger charge is 2.26. The summed E-state index contributed by atoms with van der Waals surface area (Å²) in [6.07, 6.45) is 5.70. The maximum absolute atomic E-state index is 12.5. The number of carbonyl (C=O) groups excluding carboxylic acids is 2. The fraction of sp³-hybridized carbons (Fsp3) is 0.273. The molecular weight excluding hydrogens is 388 g/mol. The fourth-order valence-electron chi connectivity index (χ4n) is 3.23. The maximum Gasteiger partial charge on any atom is 0.246 e. The van der Waals surface area contributed by atoms with Gasteiger partial charge in [0.05, 0.1) is 4.90 Å². The van der Waals surface area contributed by atoms with Gasteiger partial charge in [-0.2, -0.15) is 0 Å². The molecule has 2 aromatic rings. The minimum atomic E-state index is -3.26. The quantitative estimate of drug-likeness (QED) is 0.766. The zero-order valence-corrected chi connectivity index (χ0v) is 17.1. The largest absolute Gasteiger partial charge is 0.339 e. The van der Waals surface area contributed by atoms with Gasteiger partial charge in [0, 0.05) is 37.0 Å². The van der Waals surface area contributed by atoms with Gasteiger partial charge in [-0.05, 0) is 48.7 Å². The van der Waals surface area contributed by atoms with Crippen molar-refractivity contribution in [3.05, 3.63) is 66.2 Å². The standard InChI is InChI=1S/C22H24N2O4S/c1-29(27,28)20-10-8-19(9-11-20)23-22(26)18-13-15-24(16-14-18)21(25)12-7-17-5-3-2-4-6-17/h2-12,18H,13-16H2,1H3,(H,23,26)/b12-7+. The third-order valence-corrected chi connectivity index (χ3v) is 6.07. The molecule has 1 fully saturated rings. The molecule has 0 aromatic heterocycles. The fourth-order valence-corrected chi connectivity index (χ4v) is 3.86. The smallest absolute Gasteiger partial charge is 0.246 e. The molecule has 0 spiro atoms. The molecule has 1 heterocycles. The second kappa shape index (κ2) is 9.05. The first-order valence-electron chi connectivity index (χ1n) is 9.46. The second-order valence-electron chi connectivity index (χ2n) is 7.13. The first-order valence-corrected chi connectivity index (χ1v) is 11.3. The van der Waals surface area contributed by atoms with Crippen LogP contribution in [-0.2, 0) is 19.4 Å². The number of hydrogen-bond donors (Lipinski definition) is 1. The Morgan fingerprint density at radius 3 is 2.21 bits per heavy atom. The number of likely N-dealkylation sites (tertiary alicyclic amines) is 1. The predicted molar refractivity (Wildman–Crippen MR) is 113 cm³/mol. The van der Waals surface area contributed by atoms with Gasteiger partial charge in [0.2, 0.25) is 11.8 Å². The molecule has 7 heteroatoms. The summed E-state index contributed by atoms with van der Waals surface area (Å²) in [7, 11) is -3.26. The molecular formula is C22H24N2O4S. The lowest BCUT2D eigenvalue weighted by molar-refractivity contribution is -0.130. The summed E-state index contributed by atoms with van der Waals surface area (Å²) in [5, 5.41) is 2.83. The highest BCUT2D eigenvalue weighted by molar-refractivity contribution is 7.90. The van der Waals surface area contributed by atoms with Crippen molar-refractivity contribution >= 4 is 33.4 Å². The molecule has 0 radical (unpaired) electrons. The van der Waals surface area contributed by atoms with E-state index in [9.17, 15) is 18.0 Å². The van der Waals surface area contributed by atoms with Gasteiger partial charge in [-0.1, -0.05) is 30.3 Å². The van der Waals surface area contributed by atoms with E-state index in [-0.39, 0.29) is 22.6 Å². The molecule has 1 saturated heterocycles. The number of amides is 2. The Labute approximate surface area is 171 Å². The molecule has 1 N–H and O–H groups in total. The van der Waals surface area contributed by atoms with Crippen LogP contribution in [0.3, 0.4) is 0 Å². The van der Waals surface area contributed by atoms with Crippen molar-refractivity contribution in [2.45, 2.75) is 17.7 Å². The summed E-state index contributed by atoms with van der Waals surface area (Å²) in [5.74, 6) is -0.333. The van der Waals surface area contributed by atoms with Crippen molar-refractivity contribution in [1.29, 1.82) is 0 Å². The lowest BCUT2D eigenvalue weighted by Crippen LogP contribution is -2.40. The van der Waals surface area contributed by atoms with E-state index in [2.05, 4.69) is 5.32 Å². The predicted octanol–water partition coefficient (Wildman–Crippen LogP) is 2.98. The molecule has 1 aliphatic rings. The highest BCUT2D eigenvalue weighted by atomic mass is 32.2. The molecule has 0 bridgehead atoms. The minimum Gasteiger partial charge on any atom is -0.339 e. The van der Waals surface area contributed by atoms with E-state index in [0.29, 0.717) is 31.6 Å². The van der Waals surface area contributed by atoms with Crippen molar-refractivity contribution in [3.8, 4) is 0 Å². The molecule has 1 aliphatic heterocycles. The molecule has 2 amide bonds. The molecule has 29 heavy (non-hydrogen) atoms. The Morgan fingerprint density at radius 1 is 1.00 bits per heavy atom. The molecule has 0 unspecified atom stereocenters. The Hall–Kier alpha value is -2.93. The number of benzene rings is 2. The maximum atomic E-state index is 12.5. The monoisotopic (exact) mass is 412 g/mol. The van der Waals surface area contributed by atoms with E-state index in [1.54, 1.807) is 29.2 Å². The number of anilines is 1. The van der Waals surface area contributed by atoms with Crippen LogP contribution in [0.15, 0.2) is 65.6 Å². The molecule has 2 aromatic carbocycles. The summed E-state index contributed by atoms with van der Waals surface area (Å²) < 4.78 is 23.0. The number of nitrogens with zero attached hydrogens (tertiary/aromatic N) is 1. The van der Waals surface area contributed by atoms with Crippen molar-refractivity contribution in [1.82, 2.24) is 4.90 Å². The Kier molecular flexibility index (Phi) is 6.49. The van der Waals surface area contributed by atoms with Gasteiger partial charge in [-0.25, -0.2) is 8.42 Å². The van der Waals surface area contributed by atoms with E-state index in [1.165, 1.54) is 12.1 Å². The Bertz CT molecular complexity index is 991. The number of rotatable bonds is 5. The molecule has 6 nitrogen and oxygen atoms in total. The molecule has 3 rings (SSSR count). The zero-order chi connectivity index (χ0) is 20.9. The van der Waals surface area contributed by atoms with Crippen LogP contribution in [0.2, 0.25) is 0 Å². The minimum absolute atomic E-state index is 0.0518. The zero-order valence-electron chi connectivity index (χ0n) is 16.2. The first-order chi connectivity index (χ1) is 13.8. The number of carbonyl (C=O) groups is 2. The van der Waals surface area contributed by atoms with E-state index >= 15 is 0 Å². The van der Waals surface area contributed by atoms with E-state index < -0.39 is 9.84 Å². The Morgan fingerprint density at radius 2 is 1.62 bits per heavy atom. The van der Waals surface area contributed by atoms with Gasteiger partial charge >= 0.3 is 0 Å². The second-order valence-corrected chi connectivity index (χ2v) is 9.15. The number of sulfone groups is 1. The SMILES string of the molecule is CS(=O)(=O)c1ccc(NC(=O)C2CCN(C(=O)/C=C/c3ccccc3)CC2)cc1. The van der Waals surface area contributed by atoms with E-state index in [0.717, 1.165) is 11.8 Å². The molecule has 0 atom stereocenters. The molecule has 0 aliphatic carbocycles. The molecule has 0 saturated carbocycles. The third-order valence-electron chi connectivity index (χ3n) is 4.95. The highest BCUT2D eigenvalue weighted by Crippen LogP contribution is 2.21. The summed E-state index contributed by atoms with van der Waals surface area (Å²) in [4.78, 5) is 26.8. The van der Waals surface area contributed by atoms with Crippen LogP contribution in [0.4, 0.5) is 5.69 Å². The van der Waals surface area contributed by atoms with Crippen LogP contribution < -0.4 is 5.32 Å². The molecule has 152 valence electrons. The Balaban J connectivity index is 1.50. The summed E-state index contributed by atoms with van der Waals surface area (Å²) >= 11 is 0. The number of hydrogen-bond acceptors (Lipinski definition) is 4. The van der Waals surface area contributed by atoms with Crippen LogP contribution in [0.1, 0.15) is 18.4 Å². The van der Waals surface area contributed by atoms with Gasteiger partial charge in [0.25, 0.3) is 0 Å². The first kappa shape index (κ1) is 20.8. The van der Waals surface area contributed by atoms with Gasteiger partial charge in [0.1, 0.15) is 0 Å². The number of piperidine rings is 1. The van der Waals surface area contributed by atoms with Crippen molar-refractivity contribution in [2.24, 2.45) is 5.92 Å². The van der Waals surface area contributed by atoms with Crippen LogP contribution in [0.25, 0.3) is 6.08 Å². The third kappa shape index (κ3) is 5.77. The average Bonchev–Trinajstić information content (AvgIpc) is 2.72. The summed E-state index contributed by atoms with van der Waals surface area (Å²) in [5.41, 5.74) is 1.53. The number of nitrogens with one attached hydrogen (secondary N) is 1. The van der Waals surface area contributed by atoms with Crippen molar-refractivity contribution < 1.29 is 18.0 Å². The van der Waals surface area contributed by atoms with Crippen LogP contribution >= 0.6 is 0 Å². The van der Waals surface area contributed by atoms with E-state index in [4.69, 9.17) is 0 Å². The summed E-state index contributed by atoms with van der Waals surface area (Å²) in [6, 6.07) is 15.8. The van der Waals surface area contributed by atoms with Crippen LogP contribution in [0.5, 0.6) is 0 Å². The van der Waals surface area contributed by atoms with Gasteiger partial charge in [0.15, 0.2) is 9.84 Å².